The number of carbonyl (C=O) groups excluding carboxylic acids is 1. The van der Waals surface area contributed by atoms with Gasteiger partial charge in [0.1, 0.15) is 0 Å². The fourth-order valence-electron chi connectivity index (χ4n) is 2.67. The second-order valence-electron chi connectivity index (χ2n) is 5.67. The minimum Gasteiger partial charge on any atom is -0.338 e. The van der Waals surface area contributed by atoms with E-state index in [0.29, 0.717) is 24.5 Å². The summed E-state index contributed by atoms with van der Waals surface area (Å²) in [5.74, 6) is 0.395. The molecule has 124 valence electrons. The lowest BCUT2D eigenvalue weighted by Gasteiger charge is -2.10. The summed E-state index contributed by atoms with van der Waals surface area (Å²) in [4.78, 5) is 12.8. The van der Waals surface area contributed by atoms with Gasteiger partial charge in [-0.2, -0.15) is 0 Å². The van der Waals surface area contributed by atoms with Gasteiger partial charge in [-0.25, -0.2) is 13.2 Å². The van der Waals surface area contributed by atoms with Crippen LogP contribution in [0.15, 0.2) is 24.3 Å². The number of sulfone groups is 1. The predicted molar refractivity (Wildman–Crippen MR) is 93.8 cm³/mol. The second-order valence-corrected chi connectivity index (χ2v) is 9.41. The molecule has 2 aromatic rings. The predicted octanol–water partition coefficient (Wildman–Crippen LogP) is 2.79. The number of amides is 2. The number of carbonyl (C=O) groups is 1. The smallest absolute Gasteiger partial charge is 0.315 e. The van der Waals surface area contributed by atoms with Gasteiger partial charge in [-0.3, -0.25) is 0 Å². The topological polar surface area (TPSA) is 75.3 Å². The summed E-state index contributed by atoms with van der Waals surface area (Å²) in [6, 6.07) is 7.53. The Morgan fingerprint density at radius 3 is 2.78 bits per heavy atom. The SMILES string of the molecule is O=C(NCc1sc2ccccc2c1Cl)NCC1CCS(=O)(=O)C1. The Morgan fingerprint density at radius 2 is 2.09 bits per heavy atom. The number of fused-ring (bicyclic) bond motifs is 1. The molecule has 0 spiro atoms. The molecule has 1 aliphatic heterocycles. The summed E-state index contributed by atoms with van der Waals surface area (Å²) in [5.41, 5.74) is 0. The van der Waals surface area contributed by atoms with E-state index in [0.717, 1.165) is 15.0 Å². The first-order chi connectivity index (χ1) is 10.9. The molecule has 23 heavy (non-hydrogen) atoms. The highest BCUT2D eigenvalue weighted by atomic mass is 35.5. The molecule has 1 aromatic carbocycles. The van der Waals surface area contributed by atoms with Crippen molar-refractivity contribution < 1.29 is 13.2 Å². The van der Waals surface area contributed by atoms with Crippen LogP contribution in [0.5, 0.6) is 0 Å². The fraction of sp³-hybridized carbons (Fsp3) is 0.400. The van der Waals surface area contributed by atoms with Crippen LogP contribution in [0.3, 0.4) is 0 Å². The van der Waals surface area contributed by atoms with E-state index in [9.17, 15) is 13.2 Å². The second kappa shape index (κ2) is 6.67. The molecule has 0 saturated carbocycles. The van der Waals surface area contributed by atoms with Crippen LogP contribution in [0.1, 0.15) is 11.3 Å². The number of nitrogens with one attached hydrogen (secondary N) is 2. The molecule has 0 aliphatic carbocycles. The van der Waals surface area contributed by atoms with E-state index in [1.807, 2.05) is 24.3 Å². The van der Waals surface area contributed by atoms with Crippen LogP contribution in [0, 0.1) is 5.92 Å². The van der Waals surface area contributed by atoms with Gasteiger partial charge in [0.15, 0.2) is 9.84 Å². The molecule has 1 atom stereocenters. The third-order valence-corrected chi connectivity index (χ3v) is 7.44. The zero-order valence-electron chi connectivity index (χ0n) is 12.3. The number of hydrogen-bond acceptors (Lipinski definition) is 4. The third-order valence-electron chi connectivity index (χ3n) is 3.89. The van der Waals surface area contributed by atoms with Crippen molar-refractivity contribution in [3.8, 4) is 0 Å². The van der Waals surface area contributed by atoms with E-state index in [4.69, 9.17) is 11.6 Å². The van der Waals surface area contributed by atoms with Crippen molar-refractivity contribution in [1.82, 2.24) is 10.6 Å². The Balaban J connectivity index is 1.51. The highest BCUT2D eigenvalue weighted by molar-refractivity contribution is 7.91. The van der Waals surface area contributed by atoms with Gasteiger partial charge < -0.3 is 10.6 Å². The standard InChI is InChI=1S/C15H17ClN2O3S2/c16-14-11-3-1-2-4-12(11)22-13(14)8-18-15(19)17-7-10-5-6-23(20,21)9-10/h1-4,10H,5-9H2,(H2,17,18,19). The normalized spacial score (nSPS) is 19.8. The number of rotatable bonds is 4. The number of halogens is 1. The Hall–Kier alpha value is -1.31. The van der Waals surface area contributed by atoms with E-state index in [1.165, 1.54) is 0 Å². The average Bonchev–Trinajstić information content (AvgIpc) is 3.03. The first-order valence-corrected chi connectivity index (χ1v) is 10.3. The van der Waals surface area contributed by atoms with E-state index in [1.54, 1.807) is 11.3 Å². The average molecular weight is 373 g/mol. The Morgan fingerprint density at radius 1 is 1.30 bits per heavy atom. The summed E-state index contributed by atoms with van der Waals surface area (Å²) in [7, 11) is -2.91. The molecule has 5 nitrogen and oxygen atoms in total. The summed E-state index contributed by atoms with van der Waals surface area (Å²) < 4.78 is 23.8. The van der Waals surface area contributed by atoms with Crippen molar-refractivity contribution in [3.05, 3.63) is 34.2 Å². The molecule has 2 N–H and O–H groups in total. The summed E-state index contributed by atoms with van der Waals surface area (Å²) in [5, 5.41) is 7.17. The van der Waals surface area contributed by atoms with Crippen molar-refractivity contribution >= 4 is 48.9 Å². The molecular formula is C15H17ClN2O3S2. The minimum atomic E-state index is -2.91. The maximum absolute atomic E-state index is 11.9. The molecule has 1 aliphatic rings. The minimum absolute atomic E-state index is 0.0127. The van der Waals surface area contributed by atoms with Gasteiger partial charge in [-0.1, -0.05) is 29.8 Å². The van der Waals surface area contributed by atoms with Crippen LogP contribution in [0.2, 0.25) is 5.02 Å². The molecule has 3 rings (SSSR count). The van der Waals surface area contributed by atoms with Crippen LogP contribution >= 0.6 is 22.9 Å². The Labute approximate surface area is 143 Å². The van der Waals surface area contributed by atoms with Crippen molar-refractivity contribution in [2.45, 2.75) is 13.0 Å². The zero-order chi connectivity index (χ0) is 16.4. The Kier molecular flexibility index (Phi) is 4.79. The lowest BCUT2D eigenvalue weighted by molar-refractivity contribution is 0.239. The number of hydrogen-bond donors (Lipinski definition) is 2. The molecule has 0 radical (unpaired) electrons. The zero-order valence-corrected chi connectivity index (χ0v) is 14.7. The van der Waals surface area contributed by atoms with Crippen LogP contribution in [0.25, 0.3) is 10.1 Å². The summed E-state index contributed by atoms with van der Waals surface area (Å²) in [6.07, 6.45) is 0.616. The van der Waals surface area contributed by atoms with Gasteiger partial charge in [0.25, 0.3) is 0 Å². The number of thiophene rings is 1. The van der Waals surface area contributed by atoms with Crippen LogP contribution in [-0.4, -0.2) is 32.5 Å². The molecule has 2 heterocycles. The van der Waals surface area contributed by atoms with Crippen LogP contribution < -0.4 is 10.6 Å². The van der Waals surface area contributed by atoms with E-state index in [2.05, 4.69) is 10.6 Å². The lowest BCUT2D eigenvalue weighted by Crippen LogP contribution is -2.38. The van der Waals surface area contributed by atoms with Gasteiger partial charge in [-0.15, -0.1) is 11.3 Å². The van der Waals surface area contributed by atoms with Crippen LogP contribution in [0.4, 0.5) is 4.79 Å². The maximum atomic E-state index is 11.9. The largest absolute Gasteiger partial charge is 0.338 e. The fourth-order valence-corrected chi connectivity index (χ4v) is 5.97. The molecular weight excluding hydrogens is 356 g/mol. The van der Waals surface area contributed by atoms with Gasteiger partial charge >= 0.3 is 6.03 Å². The molecule has 1 unspecified atom stereocenters. The number of urea groups is 1. The monoisotopic (exact) mass is 372 g/mol. The van der Waals surface area contributed by atoms with Gasteiger partial charge in [0, 0.05) is 21.5 Å². The third kappa shape index (κ3) is 3.97. The van der Waals surface area contributed by atoms with Gasteiger partial charge in [0.05, 0.1) is 23.1 Å². The highest BCUT2D eigenvalue weighted by Gasteiger charge is 2.27. The van der Waals surface area contributed by atoms with E-state index >= 15 is 0 Å². The Bertz CT molecular complexity index is 832. The first kappa shape index (κ1) is 16.5. The first-order valence-electron chi connectivity index (χ1n) is 7.32. The molecule has 1 aromatic heterocycles. The molecule has 0 bridgehead atoms. The lowest BCUT2D eigenvalue weighted by atomic mass is 10.1. The summed E-state index contributed by atoms with van der Waals surface area (Å²) >= 11 is 7.88. The van der Waals surface area contributed by atoms with E-state index in [-0.39, 0.29) is 23.5 Å². The summed E-state index contributed by atoms with van der Waals surface area (Å²) in [6.45, 7) is 0.734. The van der Waals surface area contributed by atoms with Crippen LogP contribution in [-0.2, 0) is 16.4 Å². The van der Waals surface area contributed by atoms with E-state index < -0.39 is 9.84 Å². The molecule has 1 saturated heterocycles. The highest BCUT2D eigenvalue weighted by Crippen LogP contribution is 2.34. The van der Waals surface area contributed by atoms with Gasteiger partial charge in [0.2, 0.25) is 0 Å². The molecule has 2 amide bonds. The van der Waals surface area contributed by atoms with Crippen molar-refractivity contribution in [3.63, 3.8) is 0 Å². The van der Waals surface area contributed by atoms with Crippen molar-refractivity contribution in [2.24, 2.45) is 5.92 Å². The molecule has 8 heteroatoms. The quantitative estimate of drug-likeness (QED) is 0.866. The van der Waals surface area contributed by atoms with Gasteiger partial charge in [-0.05, 0) is 18.4 Å². The van der Waals surface area contributed by atoms with Crippen molar-refractivity contribution in [1.29, 1.82) is 0 Å². The van der Waals surface area contributed by atoms with Crippen molar-refractivity contribution in [2.75, 3.05) is 18.1 Å². The maximum Gasteiger partial charge on any atom is 0.315 e. The molecule has 1 fully saturated rings. The number of benzene rings is 1.